The van der Waals surface area contributed by atoms with E-state index in [2.05, 4.69) is 29.6 Å². The Labute approximate surface area is 103 Å². The monoisotopic (exact) mass is 231 g/mol. The van der Waals surface area contributed by atoms with Gasteiger partial charge >= 0.3 is 0 Å². The van der Waals surface area contributed by atoms with E-state index in [4.69, 9.17) is 4.74 Å². The van der Waals surface area contributed by atoms with Crippen LogP contribution in [0.3, 0.4) is 0 Å². The molecule has 0 bridgehead atoms. The molecule has 0 spiro atoms. The third-order valence-electron chi connectivity index (χ3n) is 3.78. The second kappa shape index (κ2) is 5.19. The smallest absolute Gasteiger partial charge is 0.0700 e. The van der Waals surface area contributed by atoms with Gasteiger partial charge < -0.3 is 10.1 Å². The molecule has 1 aromatic rings. The van der Waals surface area contributed by atoms with E-state index in [0.29, 0.717) is 6.10 Å². The molecule has 1 saturated carbocycles. The lowest BCUT2D eigenvalue weighted by Gasteiger charge is -2.13. The SMILES string of the molecule is c1ccc(C2CC2)c(CNCC2CCCO2)c1. The molecule has 92 valence electrons. The minimum absolute atomic E-state index is 0.447. The summed E-state index contributed by atoms with van der Waals surface area (Å²) in [4.78, 5) is 0. The van der Waals surface area contributed by atoms with Crippen molar-refractivity contribution in [2.24, 2.45) is 0 Å². The number of benzene rings is 1. The number of hydrogen-bond acceptors (Lipinski definition) is 2. The average molecular weight is 231 g/mol. The van der Waals surface area contributed by atoms with Gasteiger partial charge in [0.25, 0.3) is 0 Å². The molecule has 1 aromatic carbocycles. The molecular formula is C15H21NO. The van der Waals surface area contributed by atoms with E-state index < -0.39 is 0 Å². The normalized spacial score (nSPS) is 24.1. The number of ether oxygens (including phenoxy) is 1. The maximum Gasteiger partial charge on any atom is 0.0700 e. The zero-order valence-corrected chi connectivity index (χ0v) is 10.3. The maximum atomic E-state index is 5.62. The molecule has 0 amide bonds. The molecule has 17 heavy (non-hydrogen) atoms. The number of nitrogens with one attached hydrogen (secondary N) is 1. The lowest BCUT2D eigenvalue weighted by atomic mass is 10.0. The van der Waals surface area contributed by atoms with Gasteiger partial charge in [-0.25, -0.2) is 0 Å². The summed E-state index contributed by atoms with van der Waals surface area (Å²) in [7, 11) is 0. The van der Waals surface area contributed by atoms with Crippen LogP contribution in [0, 0.1) is 0 Å². The average Bonchev–Trinajstić information content (AvgIpc) is 3.08. The van der Waals surface area contributed by atoms with Crippen molar-refractivity contribution >= 4 is 0 Å². The van der Waals surface area contributed by atoms with E-state index >= 15 is 0 Å². The van der Waals surface area contributed by atoms with Gasteiger partial charge in [0.15, 0.2) is 0 Å². The number of rotatable bonds is 5. The Morgan fingerprint density at radius 1 is 1.18 bits per heavy atom. The summed E-state index contributed by atoms with van der Waals surface area (Å²) in [6, 6.07) is 8.86. The topological polar surface area (TPSA) is 21.3 Å². The lowest BCUT2D eigenvalue weighted by molar-refractivity contribution is 0.110. The van der Waals surface area contributed by atoms with Gasteiger partial charge in [-0.3, -0.25) is 0 Å². The van der Waals surface area contributed by atoms with E-state index in [9.17, 15) is 0 Å². The van der Waals surface area contributed by atoms with Gasteiger partial charge in [-0.1, -0.05) is 24.3 Å². The van der Waals surface area contributed by atoms with Crippen LogP contribution in [-0.2, 0) is 11.3 Å². The quantitative estimate of drug-likeness (QED) is 0.841. The fourth-order valence-electron chi connectivity index (χ4n) is 2.66. The molecule has 1 atom stereocenters. The molecule has 3 rings (SSSR count). The van der Waals surface area contributed by atoms with Crippen molar-refractivity contribution in [2.45, 2.75) is 44.2 Å². The zero-order valence-electron chi connectivity index (χ0n) is 10.3. The Kier molecular flexibility index (Phi) is 3.44. The van der Waals surface area contributed by atoms with Gasteiger partial charge in [0, 0.05) is 19.7 Å². The Morgan fingerprint density at radius 2 is 2.06 bits per heavy atom. The zero-order chi connectivity index (χ0) is 11.5. The fraction of sp³-hybridized carbons (Fsp3) is 0.600. The highest BCUT2D eigenvalue weighted by Crippen LogP contribution is 2.41. The summed E-state index contributed by atoms with van der Waals surface area (Å²) in [5, 5.41) is 3.54. The Hall–Kier alpha value is -0.860. The highest BCUT2D eigenvalue weighted by atomic mass is 16.5. The van der Waals surface area contributed by atoms with Crippen molar-refractivity contribution < 1.29 is 4.74 Å². The van der Waals surface area contributed by atoms with Crippen LogP contribution < -0.4 is 5.32 Å². The molecule has 1 N–H and O–H groups in total. The van der Waals surface area contributed by atoms with Crippen LogP contribution in [0.2, 0.25) is 0 Å². The van der Waals surface area contributed by atoms with Crippen LogP contribution in [0.1, 0.15) is 42.7 Å². The summed E-state index contributed by atoms with van der Waals surface area (Å²) in [5.74, 6) is 0.843. The summed E-state index contributed by atoms with van der Waals surface area (Å²) >= 11 is 0. The number of hydrogen-bond donors (Lipinski definition) is 1. The predicted molar refractivity (Wildman–Crippen MR) is 69.1 cm³/mol. The van der Waals surface area contributed by atoms with Gasteiger partial charge in [0.05, 0.1) is 6.10 Å². The van der Waals surface area contributed by atoms with Crippen LogP contribution in [0.15, 0.2) is 24.3 Å². The van der Waals surface area contributed by atoms with Crippen molar-refractivity contribution in [3.63, 3.8) is 0 Å². The Morgan fingerprint density at radius 3 is 2.82 bits per heavy atom. The van der Waals surface area contributed by atoms with Crippen LogP contribution in [0.4, 0.5) is 0 Å². The maximum absolute atomic E-state index is 5.62. The van der Waals surface area contributed by atoms with E-state index in [1.807, 2.05) is 0 Å². The van der Waals surface area contributed by atoms with Crippen LogP contribution in [0.5, 0.6) is 0 Å². The van der Waals surface area contributed by atoms with Gasteiger partial charge in [-0.2, -0.15) is 0 Å². The molecular weight excluding hydrogens is 210 g/mol. The largest absolute Gasteiger partial charge is 0.377 e. The minimum atomic E-state index is 0.447. The van der Waals surface area contributed by atoms with E-state index in [1.54, 1.807) is 5.56 Å². The molecule has 2 aliphatic rings. The van der Waals surface area contributed by atoms with Crippen molar-refractivity contribution in [3.05, 3.63) is 35.4 Å². The summed E-state index contributed by atoms with van der Waals surface area (Å²) < 4.78 is 5.62. The minimum Gasteiger partial charge on any atom is -0.377 e. The lowest BCUT2D eigenvalue weighted by Crippen LogP contribution is -2.26. The van der Waals surface area contributed by atoms with Crippen molar-refractivity contribution in [2.75, 3.05) is 13.2 Å². The van der Waals surface area contributed by atoms with E-state index in [1.165, 1.54) is 31.2 Å². The Bertz CT molecular complexity index is 367. The third kappa shape index (κ3) is 2.88. The summed E-state index contributed by atoms with van der Waals surface area (Å²) in [5.41, 5.74) is 3.04. The summed E-state index contributed by atoms with van der Waals surface area (Å²) in [6.45, 7) is 2.94. The highest BCUT2D eigenvalue weighted by molar-refractivity contribution is 5.33. The van der Waals surface area contributed by atoms with Crippen LogP contribution in [0.25, 0.3) is 0 Å². The molecule has 2 heteroatoms. The molecule has 2 nitrogen and oxygen atoms in total. The van der Waals surface area contributed by atoms with Crippen molar-refractivity contribution in [1.29, 1.82) is 0 Å². The van der Waals surface area contributed by atoms with E-state index in [-0.39, 0.29) is 0 Å². The van der Waals surface area contributed by atoms with Gasteiger partial charge in [-0.05, 0) is 42.7 Å². The molecule has 1 aliphatic carbocycles. The standard InChI is InChI=1S/C15H21NO/c1-2-6-15(12-7-8-12)13(4-1)10-16-11-14-5-3-9-17-14/h1-2,4,6,12,14,16H,3,5,7-11H2. The first kappa shape index (κ1) is 11.2. The first-order valence-corrected chi connectivity index (χ1v) is 6.83. The Balaban J connectivity index is 1.53. The van der Waals surface area contributed by atoms with Gasteiger partial charge in [0.1, 0.15) is 0 Å². The molecule has 1 heterocycles. The highest BCUT2D eigenvalue weighted by Gasteiger charge is 2.25. The predicted octanol–water partition coefficient (Wildman–Crippen LogP) is 2.83. The first-order chi connectivity index (χ1) is 8.43. The van der Waals surface area contributed by atoms with Crippen molar-refractivity contribution in [3.8, 4) is 0 Å². The summed E-state index contributed by atoms with van der Waals surface area (Å²) in [6.07, 6.45) is 5.65. The second-order valence-corrected chi connectivity index (χ2v) is 5.24. The van der Waals surface area contributed by atoms with Crippen molar-refractivity contribution in [1.82, 2.24) is 5.32 Å². The molecule has 0 aromatic heterocycles. The molecule has 1 unspecified atom stereocenters. The first-order valence-electron chi connectivity index (χ1n) is 6.83. The molecule has 1 aliphatic heterocycles. The van der Waals surface area contributed by atoms with E-state index in [0.717, 1.165) is 25.6 Å². The third-order valence-corrected chi connectivity index (χ3v) is 3.78. The van der Waals surface area contributed by atoms with Gasteiger partial charge in [-0.15, -0.1) is 0 Å². The van der Waals surface area contributed by atoms with Crippen LogP contribution in [-0.4, -0.2) is 19.3 Å². The molecule has 1 saturated heterocycles. The van der Waals surface area contributed by atoms with Crippen LogP contribution >= 0.6 is 0 Å². The second-order valence-electron chi connectivity index (χ2n) is 5.24. The molecule has 0 radical (unpaired) electrons. The molecule has 2 fully saturated rings. The van der Waals surface area contributed by atoms with Gasteiger partial charge in [0.2, 0.25) is 0 Å². The fourth-order valence-corrected chi connectivity index (χ4v) is 2.66.